The summed E-state index contributed by atoms with van der Waals surface area (Å²) in [6.07, 6.45) is 0. The molecule has 0 saturated carbocycles. The largest absolute Gasteiger partial charge is 0.306 e. The predicted molar refractivity (Wildman–Crippen MR) is 72.7 cm³/mol. The lowest BCUT2D eigenvalue weighted by Crippen LogP contribution is -2.13. The van der Waals surface area contributed by atoms with Gasteiger partial charge in [0.05, 0.1) is 10.7 Å². The van der Waals surface area contributed by atoms with E-state index in [9.17, 15) is 4.39 Å². The number of nitrogen functional groups attached to an aromatic ring is 1. The molecule has 2 aromatic rings. The maximum absolute atomic E-state index is 13.5. The number of rotatable bonds is 2. The first-order valence-corrected chi connectivity index (χ1v) is 6.16. The number of hydrazine groups is 1. The molecule has 18 heavy (non-hydrogen) atoms. The van der Waals surface area contributed by atoms with E-state index in [0.717, 1.165) is 4.47 Å². The van der Waals surface area contributed by atoms with E-state index in [1.807, 2.05) is 0 Å². The Labute approximate surface area is 116 Å². The fourth-order valence-electron chi connectivity index (χ4n) is 1.42. The van der Waals surface area contributed by atoms with Crippen molar-refractivity contribution in [1.82, 2.24) is 9.97 Å². The molecular weight excluding hydrogens is 323 g/mol. The molecule has 0 saturated heterocycles. The number of aryl methyl sites for hydroxylation is 1. The Hall–Kier alpha value is -1.24. The van der Waals surface area contributed by atoms with Crippen molar-refractivity contribution in [3.63, 3.8) is 0 Å². The Balaban J connectivity index is 2.57. The van der Waals surface area contributed by atoms with Crippen LogP contribution >= 0.6 is 27.5 Å². The maximum Gasteiger partial charge on any atom is 0.187 e. The van der Waals surface area contributed by atoms with Crippen LogP contribution in [0.5, 0.6) is 0 Å². The molecule has 1 aromatic heterocycles. The lowest BCUT2D eigenvalue weighted by molar-refractivity contribution is 0.606. The molecule has 3 N–H and O–H groups in total. The molecule has 0 amide bonds. The van der Waals surface area contributed by atoms with Gasteiger partial charge in [-0.15, -0.1) is 0 Å². The summed E-state index contributed by atoms with van der Waals surface area (Å²) < 4.78 is 14.3. The van der Waals surface area contributed by atoms with Crippen LogP contribution in [0, 0.1) is 12.7 Å². The Morgan fingerprint density at radius 1 is 1.39 bits per heavy atom. The van der Waals surface area contributed by atoms with Gasteiger partial charge < -0.3 is 5.43 Å². The van der Waals surface area contributed by atoms with Gasteiger partial charge in [-0.1, -0.05) is 11.6 Å². The Kier molecular flexibility index (Phi) is 3.79. The van der Waals surface area contributed by atoms with E-state index in [0.29, 0.717) is 16.4 Å². The van der Waals surface area contributed by atoms with Crippen molar-refractivity contribution in [2.45, 2.75) is 6.92 Å². The lowest BCUT2D eigenvalue weighted by atomic mass is 10.2. The average Bonchev–Trinajstić information content (AvgIpc) is 2.36. The average molecular weight is 332 g/mol. The van der Waals surface area contributed by atoms with Crippen molar-refractivity contribution in [2.75, 3.05) is 5.43 Å². The van der Waals surface area contributed by atoms with Gasteiger partial charge in [-0.3, -0.25) is 0 Å². The molecule has 0 unspecified atom stereocenters. The minimum Gasteiger partial charge on any atom is -0.306 e. The first-order chi connectivity index (χ1) is 8.52. The van der Waals surface area contributed by atoms with Crippen LogP contribution < -0.4 is 11.3 Å². The summed E-state index contributed by atoms with van der Waals surface area (Å²) in [5.74, 6) is 4.95. The molecule has 0 bridgehead atoms. The number of nitrogens with zero attached hydrogens (tertiary/aromatic N) is 2. The van der Waals surface area contributed by atoms with Gasteiger partial charge >= 0.3 is 0 Å². The number of hydrogen-bond acceptors (Lipinski definition) is 4. The first kappa shape index (κ1) is 13.2. The zero-order valence-corrected chi connectivity index (χ0v) is 11.7. The van der Waals surface area contributed by atoms with Crippen LogP contribution in [-0.2, 0) is 0 Å². The second-order valence-corrected chi connectivity index (χ2v) is 4.83. The summed E-state index contributed by atoms with van der Waals surface area (Å²) in [5, 5.41) is 0.528. The van der Waals surface area contributed by atoms with Gasteiger partial charge in [-0.2, -0.15) is 0 Å². The summed E-state index contributed by atoms with van der Waals surface area (Å²) in [7, 11) is 0. The molecule has 1 aromatic carbocycles. The molecule has 1 heterocycles. The van der Waals surface area contributed by atoms with Gasteiger partial charge in [0.2, 0.25) is 0 Å². The quantitative estimate of drug-likeness (QED) is 0.655. The topological polar surface area (TPSA) is 63.8 Å². The number of anilines is 1. The normalized spacial score (nSPS) is 10.5. The molecule has 2 rings (SSSR count). The summed E-state index contributed by atoms with van der Waals surface area (Å²) >= 11 is 9.28. The van der Waals surface area contributed by atoms with Crippen molar-refractivity contribution < 1.29 is 4.39 Å². The van der Waals surface area contributed by atoms with Crippen LogP contribution in [0.4, 0.5) is 10.2 Å². The van der Waals surface area contributed by atoms with E-state index >= 15 is 0 Å². The van der Waals surface area contributed by atoms with Gasteiger partial charge in [0.15, 0.2) is 17.5 Å². The monoisotopic (exact) mass is 330 g/mol. The highest BCUT2D eigenvalue weighted by molar-refractivity contribution is 9.10. The molecule has 0 aliphatic rings. The van der Waals surface area contributed by atoms with Crippen LogP contribution in [0.25, 0.3) is 11.4 Å². The van der Waals surface area contributed by atoms with E-state index in [1.54, 1.807) is 25.1 Å². The Morgan fingerprint density at radius 3 is 2.72 bits per heavy atom. The molecule has 0 aliphatic heterocycles. The highest BCUT2D eigenvalue weighted by Gasteiger charge is 2.12. The van der Waals surface area contributed by atoms with E-state index in [2.05, 4.69) is 31.3 Å². The van der Waals surface area contributed by atoms with E-state index < -0.39 is 5.82 Å². The molecule has 0 aliphatic carbocycles. The zero-order chi connectivity index (χ0) is 13.3. The molecule has 0 fully saturated rings. The van der Waals surface area contributed by atoms with Gasteiger partial charge in [-0.05, 0) is 41.1 Å². The fourth-order valence-corrected chi connectivity index (χ4v) is 1.85. The van der Waals surface area contributed by atoms with Gasteiger partial charge in [0.25, 0.3) is 0 Å². The SMILES string of the molecule is Cc1nc(-c2ccc(Br)c(Cl)c2)nc(NN)c1F. The number of nitrogens with two attached hydrogens (primary N) is 1. The number of halogens is 3. The van der Waals surface area contributed by atoms with E-state index in [1.165, 1.54) is 0 Å². The fraction of sp³-hybridized carbons (Fsp3) is 0.0909. The highest BCUT2D eigenvalue weighted by Crippen LogP contribution is 2.28. The summed E-state index contributed by atoms with van der Waals surface area (Å²) in [4.78, 5) is 8.06. The van der Waals surface area contributed by atoms with Gasteiger partial charge in [-0.25, -0.2) is 20.2 Å². The van der Waals surface area contributed by atoms with Crippen molar-refractivity contribution >= 4 is 33.3 Å². The van der Waals surface area contributed by atoms with Gasteiger partial charge in [0, 0.05) is 10.0 Å². The lowest BCUT2D eigenvalue weighted by Gasteiger charge is -2.07. The second-order valence-electron chi connectivity index (χ2n) is 3.57. The summed E-state index contributed by atoms with van der Waals surface area (Å²) in [5.41, 5.74) is 3.10. The minimum atomic E-state index is -0.565. The van der Waals surface area contributed by atoms with Crippen LogP contribution in [0.2, 0.25) is 5.02 Å². The molecule has 0 atom stereocenters. The third-order valence-electron chi connectivity index (χ3n) is 2.33. The third-order valence-corrected chi connectivity index (χ3v) is 3.56. The van der Waals surface area contributed by atoms with Crippen LogP contribution in [-0.4, -0.2) is 9.97 Å². The second kappa shape index (κ2) is 5.17. The van der Waals surface area contributed by atoms with E-state index in [-0.39, 0.29) is 11.5 Å². The molecular formula is C11H9BrClFN4. The zero-order valence-electron chi connectivity index (χ0n) is 9.34. The van der Waals surface area contributed by atoms with Crippen LogP contribution in [0.15, 0.2) is 22.7 Å². The third kappa shape index (κ3) is 2.45. The Morgan fingerprint density at radius 2 is 2.11 bits per heavy atom. The molecule has 0 spiro atoms. The molecule has 0 radical (unpaired) electrons. The van der Waals surface area contributed by atoms with Gasteiger partial charge in [0.1, 0.15) is 0 Å². The predicted octanol–water partition coefficient (Wildman–Crippen LogP) is 3.29. The van der Waals surface area contributed by atoms with Crippen molar-refractivity contribution in [3.8, 4) is 11.4 Å². The molecule has 4 nitrogen and oxygen atoms in total. The minimum absolute atomic E-state index is 0.0449. The van der Waals surface area contributed by atoms with Crippen LogP contribution in [0.3, 0.4) is 0 Å². The molecule has 7 heteroatoms. The van der Waals surface area contributed by atoms with Crippen molar-refractivity contribution in [1.29, 1.82) is 0 Å². The Bertz CT molecular complexity index is 606. The first-order valence-electron chi connectivity index (χ1n) is 4.99. The number of hydrogen-bond donors (Lipinski definition) is 2. The van der Waals surface area contributed by atoms with Crippen molar-refractivity contribution in [3.05, 3.63) is 39.2 Å². The number of nitrogens with one attached hydrogen (secondary N) is 1. The standard InChI is InChI=1S/C11H9BrClFN4/c1-5-9(14)11(18-15)17-10(16-5)6-2-3-7(12)8(13)4-6/h2-4H,15H2,1H3,(H,16,17,18). The molecule has 94 valence electrons. The summed E-state index contributed by atoms with van der Waals surface area (Å²) in [6.45, 7) is 1.54. The van der Waals surface area contributed by atoms with Crippen molar-refractivity contribution in [2.24, 2.45) is 5.84 Å². The maximum atomic E-state index is 13.5. The summed E-state index contributed by atoms with van der Waals surface area (Å²) in [6, 6.07) is 5.25. The van der Waals surface area contributed by atoms with E-state index in [4.69, 9.17) is 17.4 Å². The van der Waals surface area contributed by atoms with Crippen LogP contribution in [0.1, 0.15) is 5.69 Å². The number of aromatic nitrogens is 2. The smallest absolute Gasteiger partial charge is 0.187 e. The number of benzene rings is 1. The highest BCUT2D eigenvalue weighted by atomic mass is 79.9.